The maximum Gasteiger partial charge on any atom is 0.387 e. The van der Waals surface area contributed by atoms with Gasteiger partial charge >= 0.3 is 12.6 Å². The summed E-state index contributed by atoms with van der Waals surface area (Å²) in [6, 6.07) is 11.0. The van der Waals surface area contributed by atoms with Gasteiger partial charge in [0.1, 0.15) is 0 Å². The number of aromatic carboxylic acids is 1. The Morgan fingerprint density at radius 2 is 1.86 bits per heavy atom. The van der Waals surface area contributed by atoms with Gasteiger partial charge in [-0.1, -0.05) is 24.3 Å². The van der Waals surface area contributed by atoms with Crippen LogP contribution in [0.5, 0.6) is 11.5 Å². The maximum atomic E-state index is 12.7. The first-order valence-electron chi connectivity index (χ1n) is 8.69. The molecule has 0 radical (unpaired) electrons. The lowest BCUT2D eigenvalue weighted by Gasteiger charge is -2.15. The van der Waals surface area contributed by atoms with Crippen molar-refractivity contribution < 1.29 is 33.0 Å². The highest BCUT2D eigenvalue weighted by atomic mass is 19.3. The number of hydrogen-bond donors (Lipinski definition) is 2. The largest absolute Gasteiger partial charge is 0.490 e. The van der Waals surface area contributed by atoms with E-state index in [-0.39, 0.29) is 42.5 Å². The summed E-state index contributed by atoms with van der Waals surface area (Å²) in [6.45, 7) is -0.982. The minimum absolute atomic E-state index is 0.0136. The lowest BCUT2D eigenvalue weighted by atomic mass is 10.1. The predicted molar refractivity (Wildman–Crippen MR) is 97.8 cm³/mol. The summed E-state index contributed by atoms with van der Waals surface area (Å²) >= 11 is 0. The highest BCUT2D eigenvalue weighted by molar-refractivity contribution is 5.87. The van der Waals surface area contributed by atoms with Crippen LogP contribution in [0.1, 0.15) is 34.8 Å². The van der Waals surface area contributed by atoms with E-state index in [1.807, 2.05) is 0 Å². The second-order valence-corrected chi connectivity index (χ2v) is 5.83. The zero-order valence-corrected chi connectivity index (χ0v) is 15.3. The first-order chi connectivity index (χ1) is 13.4. The quantitative estimate of drug-likeness (QED) is 0.644. The Labute approximate surface area is 161 Å². The zero-order valence-electron chi connectivity index (χ0n) is 15.3. The van der Waals surface area contributed by atoms with Gasteiger partial charge in [0.05, 0.1) is 12.2 Å². The van der Waals surface area contributed by atoms with Crippen LogP contribution in [0.15, 0.2) is 42.5 Å². The maximum absolute atomic E-state index is 12.7. The number of carbonyl (C=O) groups is 2. The van der Waals surface area contributed by atoms with Crippen LogP contribution in [-0.4, -0.2) is 30.2 Å². The van der Waals surface area contributed by atoms with Crippen molar-refractivity contribution in [2.75, 3.05) is 6.61 Å². The van der Waals surface area contributed by atoms with E-state index in [0.717, 1.165) is 5.56 Å². The highest BCUT2D eigenvalue weighted by Crippen LogP contribution is 2.32. The van der Waals surface area contributed by atoms with Crippen molar-refractivity contribution in [3.8, 4) is 11.5 Å². The number of nitrogens with one attached hydrogen (secondary N) is 1. The fourth-order valence-corrected chi connectivity index (χ4v) is 2.55. The summed E-state index contributed by atoms with van der Waals surface area (Å²) in [5, 5.41) is 11.5. The molecule has 0 heterocycles. The van der Waals surface area contributed by atoms with Crippen LogP contribution < -0.4 is 14.8 Å². The number of rotatable bonds is 10. The van der Waals surface area contributed by atoms with E-state index in [0.29, 0.717) is 12.0 Å². The molecule has 0 spiro atoms. The Morgan fingerprint density at radius 3 is 2.46 bits per heavy atom. The number of amides is 1. The van der Waals surface area contributed by atoms with Crippen LogP contribution >= 0.6 is 0 Å². The molecule has 150 valence electrons. The Kier molecular flexibility index (Phi) is 7.74. The van der Waals surface area contributed by atoms with Gasteiger partial charge in [-0.05, 0) is 37.1 Å². The number of para-hydroxylation sites is 1. The molecule has 0 aliphatic carbocycles. The number of carboxylic acids is 1. The van der Waals surface area contributed by atoms with Gasteiger partial charge in [0.2, 0.25) is 5.91 Å². The third kappa shape index (κ3) is 6.22. The minimum atomic E-state index is -3.01. The lowest BCUT2D eigenvalue weighted by molar-refractivity contribution is -0.121. The van der Waals surface area contributed by atoms with E-state index in [4.69, 9.17) is 9.84 Å². The lowest BCUT2D eigenvalue weighted by Crippen LogP contribution is -2.23. The molecule has 1 amide bonds. The molecule has 0 aliphatic rings. The Morgan fingerprint density at radius 1 is 1.14 bits per heavy atom. The van der Waals surface area contributed by atoms with Crippen molar-refractivity contribution in [3.05, 3.63) is 59.2 Å². The van der Waals surface area contributed by atoms with Gasteiger partial charge < -0.3 is 19.9 Å². The van der Waals surface area contributed by atoms with Gasteiger partial charge in [-0.2, -0.15) is 8.78 Å². The normalized spacial score (nSPS) is 10.6. The van der Waals surface area contributed by atoms with Crippen LogP contribution in [0, 0.1) is 0 Å². The number of carbonyl (C=O) groups excluding carboxylic acids is 1. The minimum Gasteiger partial charge on any atom is -0.490 e. The van der Waals surface area contributed by atoms with Crippen molar-refractivity contribution in [3.63, 3.8) is 0 Å². The molecule has 2 aromatic carbocycles. The third-order valence-electron chi connectivity index (χ3n) is 3.88. The monoisotopic (exact) mass is 393 g/mol. The molecule has 0 bridgehead atoms. The van der Waals surface area contributed by atoms with Gasteiger partial charge in [0.15, 0.2) is 11.5 Å². The Hall–Kier alpha value is -3.16. The van der Waals surface area contributed by atoms with E-state index in [1.54, 1.807) is 31.2 Å². The molecule has 0 aliphatic heterocycles. The highest BCUT2D eigenvalue weighted by Gasteiger charge is 2.16. The van der Waals surface area contributed by atoms with Gasteiger partial charge in [-0.25, -0.2) is 4.79 Å². The standard InChI is InChI=1S/C20H21F2NO5/c1-2-27-16-5-3-4-15(18(16)28-20(21)22)12-23-17(24)11-8-13-6-9-14(10-7-13)19(25)26/h3-7,9-10,20H,2,8,11-12H2,1H3,(H,23,24)(H,25,26). The first-order valence-corrected chi connectivity index (χ1v) is 8.69. The fourth-order valence-electron chi connectivity index (χ4n) is 2.55. The van der Waals surface area contributed by atoms with Gasteiger partial charge in [-0.3, -0.25) is 4.79 Å². The van der Waals surface area contributed by atoms with Crippen LogP contribution in [0.4, 0.5) is 8.78 Å². The van der Waals surface area contributed by atoms with Crippen molar-refractivity contribution in [1.29, 1.82) is 0 Å². The predicted octanol–water partition coefficient (Wildman–Crippen LogP) is 3.63. The van der Waals surface area contributed by atoms with E-state index in [2.05, 4.69) is 10.1 Å². The average Bonchev–Trinajstić information content (AvgIpc) is 2.66. The molecule has 28 heavy (non-hydrogen) atoms. The van der Waals surface area contributed by atoms with Gasteiger partial charge in [0, 0.05) is 18.5 Å². The zero-order chi connectivity index (χ0) is 20.5. The number of carboxylic acid groups (broad SMARTS) is 1. The molecule has 6 nitrogen and oxygen atoms in total. The van der Waals surface area contributed by atoms with Crippen LogP contribution in [0.25, 0.3) is 0 Å². The summed E-state index contributed by atoms with van der Waals surface area (Å²) in [5.74, 6) is -1.19. The SMILES string of the molecule is CCOc1cccc(CNC(=O)CCc2ccc(C(=O)O)cc2)c1OC(F)F. The van der Waals surface area contributed by atoms with Crippen molar-refractivity contribution in [2.45, 2.75) is 32.9 Å². The fraction of sp³-hybridized carbons (Fsp3) is 0.300. The van der Waals surface area contributed by atoms with Gasteiger partial charge in [-0.15, -0.1) is 0 Å². The van der Waals surface area contributed by atoms with Gasteiger partial charge in [0.25, 0.3) is 0 Å². The molecular weight excluding hydrogens is 372 g/mol. The smallest absolute Gasteiger partial charge is 0.387 e. The summed E-state index contributed by atoms with van der Waals surface area (Å²) in [5.41, 5.74) is 1.37. The molecule has 2 aromatic rings. The second kappa shape index (κ2) is 10.2. The molecule has 0 atom stereocenters. The van der Waals surface area contributed by atoms with Crippen molar-refractivity contribution in [1.82, 2.24) is 5.32 Å². The number of halogens is 2. The van der Waals surface area contributed by atoms with Crippen LogP contribution in [-0.2, 0) is 17.8 Å². The number of hydrogen-bond acceptors (Lipinski definition) is 4. The number of alkyl halides is 2. The van der Waals surface area contributed by atoms with Crippen molar-refractivity contribution >= 4 is 11.9 Å². The Balaban J connectivity index is 1.94. The molecule has 8 heteroatoms. The molecule has 0 unspecified atom stereocenters. The number of aryl methyl sites for hydroxylation is 1. The van der Waals surface area contributed by atoms with E-state index >= 15 is 0 Å². The summed E-state index contributed by atoms with van der Waals surface area (Å²) in [7, 11) is 0. The molecular formula is C20H21F2NO5. The molecule has 0 saturated carbocycles. The third-order valence-corrected chi connectivity index (χ3v) is 3.88. The van der Waals surface area contributed by atoms with Crippen LogP contribution in [0.3, 0.4) is 0 Å². The first kappa shape index (κ1) is 21.1. The van der Waals surface area contributed by atoms with E-state index in [9.17, 15) is 18.4 Å². The number of benzene rings is 2. The molecule has 2 rings (SSSR count). The van der Waals surface area contributed by atoms with Crippen LogP contribution in [0.2, 0.25) is 0 Å². The summed E-state index contributed by atoms with van der Waals surface area (Å²) in [6.07, 6.45) is 0.591. The molecule has 2 N–H and O–H groups in total. The van der Waals surface area contributed by atoms with E-state index < -0.39 is 12.6 Å². The second-order valence-electron chi connectivity index (χ2n) is 5.83. The summed E-state index contributed by atoms with van der Waals surface area (Å²) in [4.78, 5) is 22.9. The average molecular weight is 393 g/mol. The molecule has 0 saturated heterocycles. The van der Waals surface area contributed by atoms with E-state index in [1.165, 1.54) is 18.2 Å². The topological polar surface area (TPSA) is 84.9 Å². The Bertz CT molecular complexity index is 809. The summed E-state index contributed by atoms with van der Waals surface area (Å²) < 4.78 is 35.3. The molecule has 0 aromatic heterocycles. The molecule has 0 fully saturated rings. The number of ether oxygens (including phenoxy) is 2. The van der Waals surface area contributed by atoms with Crippen molar-refractivity contribution in [2.24, 2.45) is 0 Å².